The minimum atomic E-state index is -0.462. The fourth-order valence-electron chi connectivity index (χ4n) is 2.23. The second kappa shape index (κ2) is 5.88. The van der Waals surface area contributed by atoms with Crippen molar-refractivity contribution in [1.29, 1.82) is 0 Å². The molecular formula is C13H16BrN3O4. The molecule has 8 heteroatoms. The van der Waals surface area contributed by atoms with E-state index in [0.29, 0.717) is 23.1 Å². The fourth-order valence-corrected chi connectivity index (χ4v) is 2.79. The Morgan fingerprint density at radius 3 is 2.81 bits per heavy atom. The molecule has 1 saturated carbocycles. The highest BCUT2D eigenvalue weighted by Crippen LogP contribution is 2.49. The SMILES string of the molecule is Cc1cc(Br)cc([N+](=O)[O-])c1OCC1(CC(N)=NO)CC1. The summed E-state index contributed by atoms with van der Waals surface area (Å²) in [4.78, 5) is 10.7. The van der Waals surface area contributed by atoms with E-state index in [9.17, 15) is 10.1 Å². The lowest BCUT2D eigenvalue weighted by Gasteiger charge is -2.16. The molecule has 1 aliphatic carbocycles. The standard InChI is InChI=1S/C13H16BrN3O4/c1-8-4-9(14)5-10(17(19)20)12(8)21-7-13(2-3-13)6-11(15)16-18/h4-5,18H,2-3,6-7H2,1H3,(H2,15,16). The van der Waals surface area contributed by atoms with Crippen molar-refractivity contribution in [2.75, 3.05) is 6.61 Å². The van der Waals surface area contributed by atoms with Gasteiger partial charge in [-0.15, -0.1) is 0 Å². The maximum absolute atomic E-state index is 11.1. The lowest BCUT2D eigenvalue weighted by atomic mass is 10.0. The lowest BCUT2D eigenvalue weighted by Crippen LogP contribution is -2.23. The minimum Gasteiger partial charge on any atom is -0.486 e. The van der Waals surface area contributed by atoms with Crippen LogP contribution in [0.3, 0.4) is 0 Å². The number of aryl methyl sites for hydroxylation is 1. The third-order valence-electron chi connectivity index (χ3n) is 3.58. The Balaban J connectivity index is 2.15. The second-order valence-corrected chi connectivity index (χ2v) is 6.30. The first-order chi connectivity index (χ1) is 9.87. The van der Waals surface area contributed by atoms with Gasteiger partial charge in [0.2, 0.25) is 0 Å². The molecule has 1 aromatic rings. The molecule has 0 aliphatic heterocycles. The number of rotatable bonds is 6. The Morgan fingerprint density at radius 2 is 2.29 bits per heavy atom. The van der Waals surface area contributed by atoms with E-state index in [1.165, 1.54) is 6.07 Å². The average molecular weight is 358 g/mol. The second-order valence-electron chi connectivity index (χ2n) is 5.38. The fraction of sp³-hybridized carbons (Fsp3) is 0.462. The maximum Gasteiger partial charge on any atom is 0.312 e. The van der Waals surface area contributed by atoms with Crippen molar-refractivity contribution < 1.29 is 14.9 Å². The van der Waals surface area contributed by atoms with E-state index in [1.54, 1.807) is 13.0 Å². The topological polar surface area (TPSA) is 111 Å². The lowest BCUT2D eigenvalue weighted by molar-refractivity contribution is -0.386. The Labute approximate surface area is 130 Å². The first-order valence-electron chi connectivity index (χ1n) is 6.41. The molecule has 7 nitrogen and oxygen atoms in total. The Hall–Kier alpha value is -1.83. The Bertz CT molecular complexity index is 599. The van der Waals surface area contributed by atoms with Gasteiger partial charge in [-0.05, 0) is 31.4 Å². The number of hydrogen-bond acceptors (Lipinski definition) is 5. The van der Waals surface area contributed by atoms with Crippen LogP contribution in [0.5, 0.6) is 5.75 Å². The van der Waals surface area contributed by atoms with E-state index in [2.05, 4.69) is 21.1 Å². The Kier molecular flexibility index (Phi) is 4.36. The predicted molar refractivity (Wildman–Crippen MR) is 80.7 cm³/mol. The molecule has 114 valence electrons. The van der Waals surface area contributed by atoms with Crippen LogP contribution in [-0.4, -0.2) is 22.6 Å². The number of nitrogens with zero attached hydrogens (tertiary/aromatic N) is 2. The van der Waals surface area contributed by atoms with Crippen molar-refractivity contribution in [3.8, 4) is 5.75 Å². The summed E-state index contributed by atoms with van der Waals surface area (Å²) in [6.07, 6.45) is 2.21. The number of hydrogen-bond donors (Lipinski definition) is 2. The molecule has 1 aliphatic rings. The van der Waals surface area contributed by atoms with Crippen molar-refractivity contribution in [2.45, 2.75) is 26.2 Å². The summed E-state index contributed by atoms with van der Waals surface area (Å²) < 4.78 is 6.34. The van der Waals surface area contributed by atoms with Crippen LogP contribution in [0.2, 0.25) is 0 Å². The number of ether oxygens (including phenoxy) is 1. The normalized spacial score (nSPS) is 16.6. The number of amidine groups is 1. The molecule has 0 unspecified atom stereocenters. The van der Waals surface area contributed by atoms with Crippen molar-refractivity contribution in [2.24, 2.45) is 16.3 Å². The molecule has 0 saturated heterocycles. The molecule has 1 fully saturated rings. The van der Waals surface area contributed by atoms with Crippen LogP contribution in [0.25, 0.3) is 0 Å². The monoisotopic (exact) mass is 357 g/mol. The van der Waals surface area contributed by atoms with Gasteiger partial charge in [0.15, 0.2) is 5.75 Å². The molecule has 0 bridgehead atoms. The van der Waals surface area contributed by atoms with Gasteiger partial charge in [-0.25, -0.2) is 0 Å². The number of nitro groups is 1. The number of benzene rings is 1. The predicted octanol–water partition coefficient (Wildman–Crippen LogP) is 2.96. The van der Waals surface area contributed by atoms with Gasteiger partial charge in [0.1, 0.15) is 5.84 Å². The molecule has 1 aromatic carbocycles. The Morgan fingerprint density at radius 1 is 1.62 bits per heavy atom. The number of nitrogens with two attached hydrogens (primary N) is 1. The van der Waals surface area contributed by atoms with Crippen molar-refractivity contribution in [1.82, 2.24) is 0 Å². The van der Waals surface area contributed by atoms with Crippen LogP contribution in [-0.2, 0) is 0 Å². The summed E-state index contributed by atoms with van der Waals surface area (Å²) in [6, 6.07) is 3.19. The zero-order chi connectivity index (χ0) is 15.6. The van der Waals surface area contributed by atoms with Gasteiger partial charge in [0.05, 0.1) is 11.5 Å². The van der Waals surface area contributed by atoms with Crippen LogP contribution < -0.4 is 10.5 Å². The van der Waals surface area contributed by atoms with Gasteiger partial charge < -0.3 is 15.7 Å². The van der Waals surface area contributed by atoms with Gasteiger partial charge in [0.25, 0.3) is 0 Å². The van der Waals surface area contributed by atoms with E-state index in [-0.39, 0.29) is 22.7 Å². The molecule has 0 atom stereocenters. The van der Waals surface area contributed by atoms with Gasteiger partial charge >= 0.3 is 5.69 Å². The number of oxime groups is 1. The summed E-state index contributed by atoms with van der Waals surface area (Å²) >= 11 is 3.24. The molecule has 0 amide bonds. The van der Waals surface area contributed by atoms with E-state index in [4.69, 9.17) is 15.7 Å². The minimum absolute atomic E-state index is 0.0681. The van der Waals surface area contributed by atoms with Crippen molar-refractivity contribution in [3.05, 3.63) is 32.3 Å². The molecule has 3 N–H and O–H groups in total. The van der Waals surface area contributed by atoms with Crippen LogP contribution in [0.1, 0.15) is 24.8 Å². The highest BCUT2D eigenvalue weighted by atomic mass is 79.9. The smallest absolute Gasteiger partial charge is 0.312 e. The van der Waals surface area contributed by atoms with Gasteiger partial charge in [-0.1, -0.05) is 21.1 Å². The maximum atomic E-state index is 11.1. The van der Waals surface area contributed by atoms with E-state index < -0.39 is 4.92 Å². The zero-order valence-electron chi connectivity index (χ0n) is 11.5. The summed E-state index contributed by atoms with van der Waals surface area (Å²) in [5.74, 6) is 0.423. The molecule has 0 heterocycles. The highest BCUT2D eigenvalue weighted by molar-refractivity contribution is 9.10. The van der Waals surface area contributed by atoms with Crippen LogP contribution in [0.4, 0.5) is 5.69 Å². The van der Waals surface area contributed by atoms with Crippen LogP contribution in [0, 0.1) is 22.5 Å². The van der Waals surface area contributed by atoms with Gasteiger partial charge in [-0.2, -0.15) is 0 Å². The highest BCUT2D eigenvalue weighted by Gasteiger charge is 2.44. The van der Waals surface area contributed by atoms with Crippen molar-refractivity contribution >= 4 is 27.5 Å². The zero-order valence-corrected chi connectivity index (χ0v) is 13.1. The van der Waals surface area contributed by atoms with E-state index in [0.717, 1.165) is 12.8 Å². The number of nitro benzene ring substituents is 1. The van der Waals surface area contributed by atoms with E-state index in [1.807, 2.05) is 0 Å². The third-order valence-corrected chi connectivity index (χ3v) is 4.04. The first-order valence-corrected chi connectivity index (χ1v) is 7.20. The molecule has 2 rings (SSSR count). The summed E-state index contributed by atoms with van der Waals surface area (Å²) in [5, 5.41) is 22.7. The molecule has 0 radical (unpaired) electrons. The molecule has 0 aromatic heterocycles. The largest absolute Gasteiger partial charge is 0.486 e. The summed E-state index contributed by atoms with van der Waals surface area (Å²) in [7, 11) is 0. The van der Waals surface area contributed by atoms with Crippen molar-refractivity contribution in [3.63, 3.8) is 0 Å². The quantitative estimate of drug-likeness (QED) is 0.267. The van der Waals surface area contributed by atoms with Gasteiger partial charge in [-0.3, -0.25) is 10.1 Å². The van der Waals surface area contributed by atoms with Crippen LogP contribution in [0.15, 0.2) is 21.8 Å². The number of halogens is 1. The molecular weight excluding hydrogens is 342 g/mol. The first kappa shape index (κ1) is 15.6. The molecule has 0 spiro atoms. The van der Waals surface area contributed by atoms with Gasteiger partial charge in [0, 0.05) is 22.4 Å². The van der Waals surface area contributed by atoms with Crippen LogP contribution >= 0.6 is 15.9 Å². The summed E-state index contributed by atoms with van der Waals surface area (Å²) in [6.45, 7) is 2.07. The summed E-state index contributed by atoms with van der Waals surface area (Å²) in [5.41, 5.74) is 5.97. The molecule has 21 heavy (non-hydrogen) atoms. The average Bonchev–Trinajstić information content (AvgIpc) is 3.16. The third kappa shape index (κ3) is 3.63. The van der Waals surface area contributed by atoms with E-state index >= 15 is 0 Å².